The average molecular weight is 476 g/mol. The number of ether oxygens (including phenoxy) is 1. The van der Waals surface area contributed by atoms with Crippen LogP contribution >= 0.6 is 11.6 Å². The van der Waals surface area contributed by atoms with Gasteiger partial charge in [-0.2, -0.15) is 5.10 Å². The summed E-state index contributed by atoms with van der Waals surface area (Å²) < 4.78 is 4.57. The number of para-hydroxylation sites is 1. The van der Waals surface area contributed by atoms with Crippen molar-refractivity contribution in [2.45, 2.75) is 19.5 Å². The zero-order chi connectivity index (χ0) is 24.3. The number of hydrogen-bond donors (Lipinski definition) is 1. The number of anilines is 1. The molecule has 174 valence electrons. The molecule has 3 rings (SSSR count). The Morgan fingerprint density at radius 3 is 2.29 bits per heavy atom. The molecule has 3 aromatic rings. The first-order chi connectivity index (χ1) is 16.5. The quantitative estimate of drug-likeness (QED) is 0.188. The van der Waals surface area contributed by atoms with Gasteiger partial charge in [0.15, 0.2) is 0 Å². The molecule has 0 aliphatic carbocycles. The minimum atomic E-state index is -0.743. The second-order valence-corrected chi connectivity index (χ2v) is 7.82. The first-order valence-electron chi connectivity index (χ1n) is 10.7. The first-order valence-corrected chi connectivity index (χ1v) is 11.1. The Bertz CT molecular complexity index is 1160. The fourth-order valence-electron chi connectivity index (χ4n) is 3.33. The third-order valence-electron chi connectivity index (χ3n) is 5.24. The van der Waals surface area contributed by atoms with E-state index in [0.717, 1.165) is 16.7 Å². The molecule has 1 N–H and O–H groups in total. The molecule has 0 heterocycles. The van der Waals surface area contributed by atoms with Crippen LogP contribution in [0.5, 0.6) is 0 Å². The van der Waals surface area contributed by atoms with Gasteiger partial charge in [0.1, 0.15) is 0 Å². The second kappa shape index (κ2) is 12.4. The van der Waals surface area contributed by atoms with E-state index < -0.39 is 5.97 Å². The molecule has 0 aromatic heterocycles. The van der Waals surface area contributed by atoms with Gasteiger partial charge in [0.05, 0.1) is 18.8 Å². The molecule has 0 radical (unpaired) electrons. The predicted octanol–water partition coefficient (Wildman–Crippen LogP) is 5.63. The predicted molar refractivity (Wildman–Crippen MR) is 136 cm³/mol. The SMILES string of the molecule is COC(=O)/C(Cl)=N/Nc1ccccc1CN(C(=O)/C=C/c1ccccc1)[C@@H](C)c1ccccc1. The summed E-state index contributed by atoms with van der Waals surface area (Å²) in [5.41, 5.74) is 6.20. The lowest BCUT2D eigenvalue weighted by molar-refractivity contribution is -0.132. The van der Waals surface area contributed by atoms with Crippen LogP contribution in [0, 0.1) is 0 Å². The Labute approximate surface area is 204 Å². The number of benzene rings is 3. The number of methoxy groups -OCH3 is 1. The normalized spacial score (nSPS) is 12.3. The highest BCUT2D eigenvalue weighted by Crippen LogP contribution is 2.26. The summed E-state index contributed by atoms with van der Waals surface area (Å²) in [6, 6.07) is 26.7. The van der Waals surface area contributed by atoms with E-state index in [-0.39, 0.29) is 17.1 Å². The highest BCUT2D eigenvalue weighted by Gasteiger charge is 2.21. The lowest BCUT2D eigenvalue weighted by atomic mass is 10.0. The molecular formula is C27H26ClN3O3. The van der Waals surface area contributed by atoms with Gasteiger partial charge in [-0.3, -0.25) is 10.2 Å². The van der Waals surface area contributed by atoms with Crippen molar-refractivity contribution in [1.29, 1.82) is 0 Å². The third-order valence-corrected chi connectivity index (χ3v) is 5.48. The van der Waals surface area contributed by atoms with Crippen molar-refractivity contribution in [3.63, 3.8) is 0 Å². The fourth-order valence-corrected chi connectivity index (χ4v) is 3.45. The standard InChI is InChI=1S/C27H26ClN3O3/c1-20(22-13-7-4-8-14-22)31(25(32)18-17-21-11-5-3-6-12-21)19-23-15-9-10-16-24(23)29-30-26(28)27(33)34-2/h3-18,20,29H,19H2,1-2H3/b18-17+,30-26-/t20-/m0/s1. The summed E-state index contributed by atoms with van der Waals surface area (Å²) in [6.07, 6.45) is 3.38. The van der Waals surface area contributed by atoms with Crippen molar-refractivity contribution >= 4 is 40.4 Å². The number of hydrazone groups is 1. The summed E-state index contributed by atoms with van der Waals surface area (Å²) >= 11 is 5.86. The van der Waals surface area contributed by atoms with Gasteiger partial charge in [0.25, 0.3) is 0 Å². The minimum Gasteiger partial charge on any atom is -0.464 e. The Morgan fingerprint density at radius 2 is 1.62 bits per heavy atom. The van der Waals surface area contributed by atoms with Gasteiger partial charge in [-0.15, -0.1) is 0 Å². The van der Waals surface area contributed by atoms with Crippen molar-refractivity contribution in [3.8, 4) is 0 Å². The average Bonchev–Trinajstić information content (AvgIpc) is 2.89. The summed E-state index contributed by atoms with van der Waals surface area (Å²) in [4.78, 5) is 26.7. The highest BCUT2D eigenvalue weighted by atomic mass is 35.5. The van der Waals surface area contributed by atoms with Crippen LogP contribution in [0.3, 0.4) is 0 Å². The Kier molecular flexibility index (Phi) is 9.00. The van der Waals surface area contributed by atoms with Gasteiger partial charge >= 0.3 is 5.97 Å². The van der Waals surface area contributed by atoms with Crippen LogP contribution in [0.15, 0.2) is 96.1 Å². The summed E-state index contributed by atoms with van der Waals surface area (Å²) in [5, 5.41) is 3.57. The molecule has 7 heteroatoms. The molecule has 0 spiro atoms. The lowest BCUT2D eigenvalue weighted by Gasteiger charge is -2.29. The van der Waals surface area contributed by atoms with E-state index in [0.29, 0.717) is 12.2 Å². The molecule has 0 aliphatic rings. The lowest BCUT2D eigenvalue weighted by Crippen LogP contribution is -2.32. The van der Waals surface area contributed by atoms with Gasteiger partial charge in [-0.25, -0.2) is 4.79 Å². The van der Waals surface area contributed by atoms with E-state index in [1.54, 1.807) is 23.1 Å². The van der Waals surface area contributed by atoms with Crippen molar-refractivity contribution in [2.24, 2.45) is 5.10 Å². The van der Waals surface area contributed by atoms with Gasteiger partial charge in [0.2, 0.25) is 11.1 Å². The van der Waals surface area contributed by atoms with E-state index in [9.17, 15) is 9.59 Å². The summed E-state index contributed by atoms with van der Waals surface area (Å²) in [7, 11) is 1.23. The van der Waals surface area contributed by atoms with Crippen LogP contribution in [0.2, 0.25) is 0 Å². The zero-order valence-corrected chi connectivity index (χ0v) is 19.8. The number of hydrogen-bond acceptors (Lipinski definition) is 5. The molecule has 6 nitrogen and oxygen atoms in total. The van der Waals surface area contributed by atoms with Crippen LogP contribution in [0.25, 0.3) is 6.08 Å². The monoisotopic (exact) mass is 475 g/mol. The van der Waals surface area contributed by atoms with Gasteiger partial charge in [-0.1, -0.05) is 90.5 Å². The second-order valence-electron chi connectivity index (χ2n) is 7.46. The molecular weight excluding hydrogens is 450 g/mol. The van der Waals surface area contributed by atoms with Crippen LogP contribution < -0.4 is 5.43 Å². The van der Waals surface area contributed by atoms with Crippen LogP contribution in [-0.2, 0) is 20.9 Å². The molecule has 0 bridgehead atoms. The molecule has 1 atom stereocenters. The van der Waals surface area contributed by atoms with E-state index in [2.05, 4.69) is 15.3 Å². The number of esters is 1. The van der Waals surface area contributed by atoms with Crippen molar-refractivity contribution < 1.29 is 14.3 Å². The van der Waals surface area contributed by atoms with Crippen LogP contribution in [-0.4, -0.2) is 29.1 Å². The summed E-state index contributed by atoms with van der Waals surface area (Å²) in [6.45, 7) is 2.30. The maximum atomic E-state index is 13.4. The van der Waals surface area contributed by atoms with Gasteiger partial charge in [-0.05, 0) is 35.8 Å². The number of nitrogens with zero attached hydrogens (tertiary/aromatic N) is 2. The summed E-state index contributed by atoms with van der Waals surface area (Å²) in [5.74, 6) is -0.877. The maximum Gasteiger partial charge on any atom is 0.370 e. The Balaban J connectivity index is 1.89. The smallest absolute Gasteiger partial charge is 0.370 e. The van der Waals surface area contributed by atoms with Crippen molar-refractivity contribution in [3.05, 3.63) is 108 Å². The highest BCUT2D eigenvalue weighted by molar-refractivity contribution is 6.82. The van der Waals surface area contributed by atoms with E-state index in [1.807, 2.05) is 85.8 Å². The number of carbonyl (C=O) groups excluding carboxylic acids is 2. The van der Waals surface area contributed by atoms with Crippen LogP contribution in [0.4, 0.5) is 5.69 Å². The number of rotatable bonds is 9. The Morgan fingerprint density at radius 1 is 1.00 bits per heavy atom. The molecule has 0 saturated heterocycles. The van der Waals surface area contributed by atoms with Crippen molar-refractivity contribution in [2.75, 3.05) is 12.5 Å². The fraction of sp³-hybridized carbons (Fsp3) is 0.148. The van der Waals surface area contributed by atoms with E-state index in [1.165, 1.54) is 7.11 Å². The molecule has 0 fully saturated rings. The molecule has 0 unspecified atom stereocenters. The molecule has 1 amide bonds. The maximum absolute atomic E-state index is 13.4. The number of carbonyl (C=O) groups is 2. The van der Waals surface area contributed by atoms with Crippen molar-refractivity contribution in [1.82, 2.24) is 4.90 Å². The van der Waals surface area contributed by atoms with E-state index in [4.69, 9.17) is 11.6 Å². The number of nitrogens with one attached hydrogen (secondary N) is 1. The first kappa shape index (κ1) is 24.7. The molecule has 0 aliphatic heterocycles. The zero-order valence-electron chi connectivity index (χ0n) is 19.0. The topological polar surface area (TPSA) is 71.0 Å². The Hall–Kier alpha value is -3.90. The number of amides is 1. The number of halogens is 1. The third kappa shape index (κ3) is 6.80. The van der Waals surface area contributed by atoms with Crippen LogP contribution in [0.1, 0.15) is 29.7 Å². The van der Waals surface area contributed by atoms with Gasteiger partial charge in [0, 0.05) is 12.6 Å². The largest absolute Gasteiger partial charge is 0.464 e. The molecule has 34 heavy (non-hydrogen) atoms. The molecule has 3 aromatic carbocycles. The minimum absolute atomic E-state index is 0.133. The van der Waals surface area contributed by atoms with E-state index >= 15 is 0 Å². The molecule has 0 saturated carbocycles. The van der Waals surface area contributed by atoms with Gasteiger partial charge < -0.3 is 9.64 Å².